The SMILES string of the molecule is CN=C(N)NC(C)c1ncon1. The number of nitrogens with one attached hydrogen (secondary N) is 1. The third-order valence-corrected chi connectivity index (χ3v) is 1.37. The highest BCUT2D eigenvalue weighted by molar-refractivity contribution is 5.77. The summed E-state index contributed by atoms with van der Waals surface area (Å²) < 4.78 is 4.57. The average Bonchev–Trinajstić information content (AvgIpc) is 2.56. The maximum absolute atomic E-state index is 5.43. The molecule has 0 aromatic carbocycles. The van der Waals surface area contributed by atoms with Gasteiger partial charge in [0.25, 0.3) is 0 Å². The van der Waals surface area contributed by atoms with Crippen LogP contribution >= 0.6 is 0 Å². The standard InChI is InChI=1S/C6H11N5O/c1-4(10-6(7)8-2)5-9-3-12-11-5/h3-4H,1-2H3,(H3,7,8,10). The highest BCUT2D eigenvalue weighted by Gasteiger charge is 2.09. The number of aromatic nitrogens is 2. The van der Waals surface area contributed by atoms with Crippen molar-refractivity contribution >= 4 is 5.96 Å². The van der Waals surface area contributed by atoms with Gasteiger partial charge in [-0.25, -0.2) is 0 Å². The highest BCUT2D eigenvalue weighted by atomic mass is 16.5. The number of rotatable bonds is 2. The van der Waals surface area contributed by atoms with Gasteiger partial charge in [-0.2, -0.15) is 4.98 Å². The van der Waals surface area contributed by atoms with Gasteiger partial charge in [-0.05, 0) is 6.92 Å². The number of aliphatic imine (C=N–C) groups is 1. The molecule has 12 heavy (non-hydrogen) atoms. The Morgan fingerprint density at radius 2 is 2.58 bits per heavy atom. The van der Waals surface area contributed by atoms with E-state index in [-0.39, 0.29) is 6.04 Å². The summed E-state index contributed by atoms with van der Waals surface area (Å²) in [6.45, 7) is 1.86. The largest absolute Gasteiger partial charge is 0.370 e. The van der Waals surface area contributed by atoms with Crippen molar-refractivity contribution in [1.29, 1.82) is 0 Å². The van der Waals surface area contributed by atoms with E-state index in [1.807, 2.05) is 6.92 Å². The van der Waals surface area contributed by atoms with E-state index in [2.05, 4.69) is 25.0 Å². The Labute approximate surface area is 69.9 Å². The first-order valence-electron chi connectivity index (χ1n) is 3.49. The van der Waals surface area contributed by atoms with Gasteiger partial charge in [-0.3, -0.25) is 4.99 Å². The minimum absolute atomic E-state index is 0.0903. The minimum Gasteiger partial charge on any atom is -0.370 e. The quantitative estimate of drug-likeness (QED) is 0.467. The molecule has 0 spiro atoms. The van der Waals surface area contributed by atoms with Crippen molar-refractivity contribution in [3.05, 3.63) is 12.2 Å². The number of guanidine groups is 1. The van der Waals surface area contributed by atoms with E-state index in [9.17, 15) is 0 Å². The van der Waals surface area contributed by atoms with Crippen molar-refractivity contribution in [1.82, 2.24) is 15.5 Å². The molecule has 0 bridgehead atoms. The maximum Gasteiger partial charge on any atom is 0.213 e. The van der Waals surface area contributed by atoms with E-state index in [4.69, 9.17) is 5.73 Å². The van der Waals surface area contributed by atoms with Crippen LogP contribution in [0.1, 0.15) is 18.8 Å². The molecule has 1 aromatic heterocycles. The summed E-state index contributed by atoms with van der Waals surface area (Å²) in [5, 5.41) is 6.52. The van der Waals surface area contributed by atoms with Gasteiger partial charge in [-0.1, -0.05) is 5.16 Å². The van der Waals surface area contributed by atoms with Crippen LogP contribution in [0.2, 0.25) is 0 Å². The van der Waals surface area contributed by atoms with Crippen LogP contribution in [0.5, 0.6) is 0 Å². The summed E-state index contributed by atoms with van der Waals surface area (Å²) in [6.07, 6.45) is 1.27. The maximum atomic E-state index is 5.43. The first kappa shape index (κ1) is 8.51. The Morgan fingerprint density at radius 3 is 3.08 bits per heavy atom. The fraction of sp³-hybridized carbons (Fsp3) is 0.500. The van der Waals surface area contributed by atoms with Crippen molar-refractivity contribution in [2.24, 2.45) is 10.7 Å². The summed E-state index contributed by atoms with van der Waals surface area (Å²) >= 11 is 0. The molecular weight excluding hydrogens is 158 g/mol. The van der Waals surface area contributed by atoms with Gasteiger partial charge < -0.3 is 15.6 Å². The van der Waals surface area contributed by atoms with Crippen LogP contribution in [0.4, 0.5) is 0 Å². The minimum atomic E-state index is -0.0903. The molecule has 3 N–H and O–H groups in total. The number of nitrogens with zero attached hydrogens (tertiary/aromatic N) is 3. The second kappa shape index (κ2) is 3.70. The monoisotopic (exact) mass is 169 g/mol. The summed E-state index contributed by atoms with van der Waals surface area (Å²) in [5.74, 6) is 0.911. The topological polar surface area (TPSA) is 89.3 Å². The van der Waals surface area contributed by atoms with Crippen LogP contribution in [-0.2, 0) is 0 Å². The number of hydrogen-bond acceptors (Lipinski definition) is 4. The molecular formula is C6H11N5O. The zero-order valence-electron chi connectivity index (χ0n) is 6.98. The van der Waals surface area contributed by atoms with Gasteiger partial charge in [-0.15, -0.1) is 0 Å². The summed E-state index contributed by atoms with van der Waals surface area (Å²) in [6, 6.07) is -0.0903. The van der Waals surface area contributed by atoms with Gasteiger partial charge >= 0.3 is 0 Å². The van der Waals surface area contributed by atoms with Gasteiger partial charge in [0.1, 0.15) is 0 Å². The van der Waals surface area contributed by atoms with Crippen LogP contribution in [0, 0.1) is 0 Å². The van der Waals surface area contributed by atoms with E-state index in [1.165, 1.54) is 6.39 Å². The zero-order chi connectivity index (χ0) is 8.97. The van der Waals surface area contributed by atoms with Crippen molar-refractivity contribution in [3.63, 3.8) is 0 Å². The molecule has 1 atom stereocenters. The Kier molecular flexibility index (Phi) is 2.62. The molecule has 0 fully saturated rings. The fourth-order valence-corrected chi connectivity index (χ4v) is 0.720. The van der Waals surface area contributed by atoms with Crippen molar-refractivity contribution in [2.45, 2.75) is 13.0 Å². The predicted molar refractivity (Wildman–Crippen MR) is 43.4 cm³/mol. The first-order valence-corrected chi connectivity index (χ1v) is 3.49. The van der Waals surface area contributed by atoms with Crippen molar-refractivity contribution in [3.8, 4) is 0 Å². The molecule has 6 heteroatoms. The lowest BCUT2D eigenvalue weighted by Gasteiger charge is -2.08. The molecule has 1 rings (SSSR count). The van der Waals surface area contributed by atoms with E-state index < -0.39 is 0 Å². The highest BCUT2D eigenvalue weighted by Crippen LogP contribution is 2.03. The van der Waals surface area contributed by atoms with Crippen molar-refractivity contribution < 1.29 is 4.52 Å². The van der Waals surface area contributed by atoms with Crippen LogP contribution in [0.3, 0.4) is 0 Å². The Morgan fingerprint density at radius 1 is 1.83 bits per heavy atom. The van der Waals surface area contributed by atoms with Crippen molar-refractivity contribution in [2.75, 3.05) is 7.05 Å². The first-order chi connectivity index (χ1) is 5.74. The van der Waals surface area contributed by atoms with Crippen LogP contribution in [0.15, 0.2) is 15.9 Å². The fourth-order valence-electron chi connectivity index (χ4n) is 0.720. The zero-order valence-corrected chi connectivity index (χ0v) is 6.98. The molecule has 0 radical (unpaired) electrons. The summed E-state index contributed by atoms with van der Waals surface area (Å²) in [4.78, 5) is 7.59. The second-order valence-corrected chi connectivity index (χ2v) is 2.26. The predicted octanol–water partition coefficient (Wildman–Crippen LogP) is -0.335. The third kappa shape index (κ3) is 1.94. The Balaban J connectivity index is 2.55. The molecule has 1 aromatic rings. The molecule has 1 unspecified atom stereocenters. The van der Waals surface area contributed by atoms with E-state index >= 15 is 0 Å². The summed E-state index contributed by atoms with van der Waals surface area (Å²) in [5.41, 5.74) is 5.43. The lowest BCUT2D eigenvalue weighted by molar-refractivity contribution is 0.404. The number of hydrogen-bond donors (Lipinski definition) is 2. The van der Waals surface area contributed by atoms with Gasteiger partial charge in [0, 0.05) is 7.05 Å². The molecule has 66 valence electrons. The lowest BCUT2D eigenvalue weighted by Crippen LogP contribution is -2.33. The molecule has 0 saturated heterocycles. The van der Waals surface area contributed by atoms with E-state index in [1.54, 1.807) is 7.05 Å². The second-order valence-electron chi connectivity index (χ2n) is 2.26. The van der Waals surface area contributed by atoms with E-state index in [0.717, 1.165) is 0 Å². The molecule has 0 saturated carbocycles. The average molecular weight is 169 g/mol. The summed E-state index contributed by atoms with van der Waals surface area (Å²) in [7, 11) is 1.60. The normalized spacial score (nSPS) is 14.3. The van der Waals surface area contributed by atoms with Crippen LogP contribution in [0.25, 0.3) is 0 Å². The molecule has 0 aliphatic rings. The molecule has 6 nitrogen and oxygen atoms in total. The van der Waals surface area contributed by atoms with Gasteiger partial charge in [0.2, 0.25) is 6.39 Å². The number of nitrogens with two attached hydrogens (primary N) is 1. The molecule has 0 aliphatic carbocycles. The Bertz CT molecular complexity index is 255. The van der Waals surface area contributed by atoms with Gasteiger partial charge in [0.15, 0.2) is 11.8 Å². The van der Waals surface area contributed by atoms with Crippen LogP contribution < -0.4 is 11.1 Å². The third-order valence-electron chi connectivity index (χ3n) is 1.37. The molecule has 0 aliphatic heterocycles. The van der Waals surface area contributed by atoms with Crippen LogP contribution in [-0.4, -0.2) is 23.1 Å². The molecule has 1 heterocycles. The lowest BCUT2D eigenvalue weighted by atomic mass is 10.3. The van der Waals surface area contributed by atoms with Gasteiger partial charge in [0.05, 0.1) is 6.04 Å². The molecule has 0 amide bonds. The Hall–Kier alpha value is -1.59. The van der Waals surface area contributed by atoms with E-state index in [0.29, 0.717) is 11.8 Å². The smallest absolute Gasteiger partial charge is 0.213 e.